The smallest absolute Gasteiger partial charge is 0.262 e. The lowest BCUT2D eigenvalue weighted by Gasteiger charge is -2.23. The number of nitrogens with zero attached hydrogens (tertiary/aromatic N) is 4. The average Bonchev–Trinajstić information content (AvgIpc) is 3.49. The molecular weight excluding hydrogens is 541 g/mol. The SMILES string of the molecule is CCN(CC)CCCN1/C(=C/C=C/C=C/c2sc3cc(C)ccc3[n+]2CCCN(CC)CC)Sc2cc(C)ccc21. The van der Waals surface area contributed by atoms with E-state index in [0.29, 0.717) is 0 Å². The van der Waals surface area contributed by atoms with Crippen LogP contribution in [0.15, 0.2) is 70.6 Å². The van der Waals surface area contributed by atoms with Crippen molar-refractivity contribution in [2.45, 2.75) is 65.8 Å². The van der Waals surface area contributed by atoms with Crippen molar-refractivity contribution in [1.82, 2.24) is 9.80 Å². The number of anilines is 1. The fraction of sp³-hybridized carbons (Fsp3) is 0.457. The third kappa shape index (κ3) is 8.35. The Labute approximate surface area is 257 Å². The second kappa shape index (κ2) is 15.7. The van der Waals surface area contributed by atoms with Gasteiger partial charge < -0.3 is 14.7 Å². The molecule has 0 bridgehead atoms. The molecule has 0 aliphatic carbocycles. The summed E-state index contributed by atoms with van der Waals surface area (Å²) >= 11 is 3.79. The molecule has 2 heterocycles. The van der Waals surface area contributed by atoms with E-state index in [0.717, 1.165) is 65.2 Å². The van der Waals surface area contributed by atoms with Gasteiger partial charge in [0.25, 0.3) is 5.01 Å². The van der Waals surface area contributed by atoms with Gasteiger partial charge in [0, 0.05) is 36.5 Å². The number of rotatable bonds is 15. The van der Waals surface area contributed by atoms with Crippen LogP contribution in [0.4, 0.5) is 5.69 Å². The first-order chi connectivity index (χ1) is 20.0. The van der Waals surface area contributed by atoms with Crippen molar-refractivity contribution < 1.29 is 4.57 Å². The van der Waals surface area contributed by atoms with Gasteiger partial charge in [0.2, 0.25) is 5.52 Å². The maximum absolute atomic E-state index is 2.51. The normalized spacial score (nSPS) is 14.7. The number of fused-ring (bicyclic) bond motifs is 2. The van der Waals surface area contributed by atoms with Crippen molar-refractivity contribution in [2.24, 2.45) is 0 Å². The molecule has 1 aliphatic rings. The molecule has 3 aromatic rings. The first-order valence-corrected chi connectivity index (χ1v) is 17.1. The topological polar surface area (TPSA) is 13.6 Å². The quantitative estimate of drug-likeness (QED) is 0.131. The molecule has 0 fully saturated rings. The van der Waals surface area contributed by atoms with E-state index in [4.69, 9.17) is 0 Å². The number of thiazole rings is 1. The van der Waals surface area contributed by atoms with Gasteiger partial charge in [-0.3, -0.25) is 0 Å². The van der Waals surface area contributed by atoms with Crippen LogP contribution in [0.25, 0.3) is 16.3 Å². The van der Waals surface area contributed by atoms with Crippen molar-refractivity contribution in [1.29, 1.82) is 0 Å². The predicted molar refractivity (Wildman–Crippen MR) is 182 cm³/mol. The molecule has 41 heavy (non-hydrogen) atoms. The molecule has 0 amide bonds. The Hall–Kier alpha value is -2.38. The first kappa shape index (κ1) is 31.6. The van der Waals surface area contributed by atoms with Crippen molar-refractivity contribution in [2.75, 3.05) is 50.7 Å². The van der Waals surface area contributed by atoms with Gasteiger partial charge in [0.1, 0.15) is 4.70 Å². The molecule has 4 nitrogen and oxygen atoms in total. The number of aryl methyl sites for hydroxylation is 3. The molecule has 1 aromatic heterocycles. The highest BCUT2D eigenvalue weighted by Crippen LogP contribution is 2.46. The minimum absolute atomic E-state index is 1.05. The lowest BCUT2D eigenvalue weighted by Crippen LogP contribution is -2.37. The highest BCUT2D eigenvalue weighted by molar-refractivity contribution is 8.03. The van der Waals surface area contributed by atoms with Gasteiger partial charge in [-0.2, -0.15) is 4.57 Å². The summed E-state index contributed by atoms with van der Waals surface area (Å²) in [7, 11) is 0. The maximum Gasteiger partial charge on any atom is 0.262 e. The molecule has 4 rings (SSSR count). The van der Waals surface area contributed by atoms with Crippen molar-refractivity contribution in [3.63, 3.8) is 0 Å². The van der Waals surface area contributed by atoms with E-state index in [1.807, 2.05) is 23.1 Å². The van der Waals surface area contributed by atoms with Crippen LogP contribution < -0.4 is 9.47 Å². The lowest BCUT2D eigenvalue weighted by molar-refractivity contribution is -0.669. The van der Waals surface area contributed by atoms with Crippen LogP contribution in [0.1, 0.15) is 56.7 Å². The second-order valence-electron chi connectivity index (χ2n) is 10.8. The highest BCUT2D eigenvalue weighted by atomic mass is 32.2. The average molecular weight is 590 g/mol. The van der Waals surface area contributed by atoms with Gasteiger partial charge in [0.05, 0.1) is 10.7 Å². The number of hydrogen-bond donors (Lipinski definition) is 0. The lowest BCUT2D eigenvalue weighted by atomic mass is 10.2. The van der Waals surface area contributed by atoms with Gasteiger partial charge in [-0.05, 0) is 88.4 Å². The molecule has 0 spiro atoms. The van der Waals surface area contributed by atoms with Gasteiger partial charge in [-0.1, -0.05) is 81.2 Å². The summed E-state index contributed by atoms with van der Waals surface area (Å²) in [5.74, 6) is 0. The summed E-state index contributed by atoms with van der Waals surface area (Å²) in [6, 6.07) is 13.7. The van der Waals surface area contributed by atoms with Crippen LogP contribution in [0, 0.1) is 13.8 Å². The van der Waals surface area contributed by atoms with Crippen molar-refractivity contribution >= 4 is 45.1 Å². The van der Waals surface area contributed by atoms with Crippen LogP contribution in [-0.4, -0.2) is 55.6 Å². The molecule has 0 atom stereocenters. The maximum atomic E-state index is 2.51. The largest absolute Gasteiger partial charge is 0.335 e. The standard InChI is InChI=1S/C35H49N4S2/c1-7-36(8-2)22-14-24-38-30-20-18-28(5)26-32(30)40-34(38)16-12-11-13-17-35-39(25-15-23-37(9-3)10-4)31-21-19-29(6)27-33(31)41-35/h11-13,16-21,26-27H,7-10,14-15,22-25H2,1-6H3/q+1. The van der Waals surface area contributed by atoms with Crippen LogP contribution in [-0.2, 0) is 6.54 Å². The Balaban J connectivity index is 1.48. The summed E-state index contributed by atoms with van der Waals surface area (Å²) in [4.78, 5) is 8.90. The number of benzene rings is 2. The third-order valence-electron chi connectivity index (χ3n) is 7.97. The van der Waals surface area contributed by atoms with E-state index >= 15 is 0 Å². The Morgan fingerprint density at radius 1 is 0.805 bits per heavy atom. The summed E-state index contributed by atoms with van der Waals surface area (Å²) in [5.41, 5.74) is 5.34. The number of thioether (sulfide) groups is 1. The minimum Gasteiger partial charge on any atom is -0.335 e. The van der Waals surface area contributed by atoms with Crippen LogP contribution in [0.5, 0.6) is 0 Å². The van der Waals surface area contributed by atoms with E-state index in [1.54, 1.807) is 0 Å². The molecule has 0 saturated heterocycles. The number of hydrogen-bond acceptors (Lipinski definition) is 5. The van der Waals surface area contributed by atoms with Gasteiger partial charge in [0.15, 0.2) is 6.54 Å². The molecule has 1 aliphatic heterocycles. The molecule has 0 unspecified atom stereocenters. The number of aromatic nitrogens is 1. The molecule has 6 heteroatoms. The van der Waals surface area contributed by atoms with Crippen LogP contribution in [0.2, 0.25) is 0 Å². The van der Waals surface area contributed by atoms with E-state index in [9.17, 15) is 0 Å². The highest BCUT2D eigenvalue weighted by Gasteiger charge is 2.24. The zero-order valence-electron chi connectivity index (χ0n) is 26.0. The Bertz CT molecular complexity index is 1360. The molecular formula is C35H49N4S2+. The second-order valence-corrected chi connectivity index (χ2v) is 12.9. The Morgan fingerprint density at radius 2 is 1.49 bits per heavy atom. The monoisotopic (exact) mass is 589 g/mol. The summed E-state index contributed by atoms with van der Waals surface area (Å²) in [5, 5.41) is 2.64. The molecule has 2 aromatic carbocycles. The third-order valence-corrected chi connectivity index (χ3v) is 10.2. The molecule has 0 N–H and O–H groups in total. The first-order valence-electron chi connectivity index (χ1n) is 15.5. The Morgan fingerprint density at radius 3 is 2.22 bits per heavy atom. The molecule has 0 saturated carbocycles. The van der Waals surface area contributed by atoms with E-state index < -0.39 is 0 Å². The number of allylic oxidation sites excluding steroid dienone is 4. The van der Waals surface area contributed by atoms with Crippen LogP contribution >= 0.6 is 23.1 Å². The summed E-state index contributed by atoms with van der Waals surface area (Å²) < 4.78 is 3.88. The van der Waals surface area contributed by atoms with Gasteiger partial charge >= 0.3 is 0 Å². The summed E-state index contributed by atoms with van der Waals surface area (Å²) in [6.07, 6.45) is 13.5. The molecule has 0 radical (unpaired) electrons. The minimum atomic E-state index is 1.05. The van der Waals surface area contributed by atoms with E-state index in [-0.39, 0.29) is 0 Å². The van der Waals surface area contributed by atoms with Crippen molar-refractivity contribution in [3.05, 3.63) is 81.9 Å². The van der Waals surface area contributed by atoms with Crippen molar-refractivity contribution in [3.8, 4) is 0 Å². The van der Waals surface area contributed by atoms with Crippen LogP contribution in [0.3, 0.4) is 0 Å². The van der Waals surface area contributed by atoms with Gasteiger partial charge in [-0.15, -0.1) is 0 Å². The van der Waals surface area contributed by atoms with Gasteiger partial charge in [-0.25, -0.2) is 0 Å². The predicted octanol–water partition coefficient (Wildman–Crippen LogP) is 8.29. The fourth-order valence-electron chi connectivity index (χ4n) is 5.46. The zero-order chi connectivity index (χ0) is 29.2. The fourth-order valence-corrected chi connectivity index (χ4v) is 7.86. The van der Waals surface area contributed by atoms with E-state index in [2.05, 4.69) is 128 Å². The Kier molecular flexibility index (Phi) is 12.1. The van der Waals surface area contributed by atoms with E-state index in [1.165, 1.54) is 42.0 Å². The molecule has 220 valence electrons. The summed E-state index contributed by atoms with van der Waals surface area (Å²) in [6.45, 7) is 22.2. The zero-order valence-corrected chi connectivity index (χ0v) is 27.7.